The number of aliphatic carboxylic acids is 1. The largest absolute Gasteiger partial charge is 0.481 e. The summed E-state index contributed by atoms with van der Waals surface area (Å²) >= 11 is 0. The molecule has 28 heavy (non-hydrogen) atoms. The van der Waals surface area contributed by atoms with E-state index in [0.29, 0.717) is 39.0 Å². The number of carbonyl (C=O) groups is 3. The van der Waals surface area contributed by atoms with E-state index in [9.17, 15) is 14.4 Å². The van der Waals surface area contributed by atoms with E-state index in [1.54, 1.807) is 4.90 Å². The van der Waals surface area contributed by atoms with Crippen molar-refractivity contribution < 1.29 is 19.5 Å². The second kappa shape index (κ2) is 9.57. The Labute approximate surface area is 165 Å². The average Bonchev–Trinajstić information content (AvgIpc) is 3.53. The van der Waals surface area contributed by atoms with Gasteiger partial charge in [0.15, 0.2) is 0 Å². The predicted octanol–water partition coefficient (Wildman–Crippen LogP) is 2.12. The standard InChI is InChI=1S/C21H29N3O4/c25-19(26)10-9-18(15-16-5-2-1-3-6-16)22-21(28)24-12-4-11-23(13-14-24)20(27)17-7-8-17/h1-3,5-6,17-18H,4,7-15H2,(H,22,28)(H,25,26). The number of hydrogen-bond donors (Lipinski definition) is 2. The van der Waals surface area contributed by atoms with Crippen molar-refractivity contribution in [2.75, 3.05) is 26.2 Å². The Morgan fingerprint density at radius 3 is 2.39 bits per heavy atom. The fraction of sp³-hybridized carbons (Fsp3) is 0.571. The highest BCUT2D eigenvalue weighted by atomic mass is 16.4. The minimum atomic E-state index is -0.865. The molecule has 3 amide bonds. The summed E-state index contributed by atoms with van der Waals surface area (Å²) in [5, 5.41) is 12.0. The lowest BCUT2D eigenvalue weighted by molar-refractivity contribution is -0.137. The molecule has 7 heteroatoms. The van der Waals surface area contributed by atoms with Gasteiger partial charge in [0.1, 0.15) is 0 Å². The SMILES string of the molecule is O=C(O)CCC(Cc1ccccc1)NC(=O)N1CCCN(C(=O)C2CC2)CC1. The highest BCUT2D eigenvalue weighted by Crippen LogP contribution is 2.31. The molecule has 0 radical (unpaired) electrons. The highest BCUT2D eigenvalue weighted by Gasteiger charge is 2.34. The molecule has 1 heterocycles. The molecule has 0 bridgehead atoms. The fourth-order valence-corrected chi connectivity index (χ4v) is 3.62. The first-order valence-corrected chi connectivity index (χ1v) is 10.1. The van der Waals surface area contributed by atoms with Gasteiger partial charge in [0.05, 0.1) is 0 Å². The quantitative estimate of drug-likeness (QED) is 0.750. The van der Waals surface area contributed by atoms with Gasteiger partial charge in [-0.15, -0.1) is 0 Å². The van der Waals surface area contributed by atoms with Crippen molar-refractivity contribution in [1.82, 2.24) is 15.1 Å². The molecule has 1 atom stereocenters. The van der Waals surface area contributed by atoms with Crippen LogP contribution in [0.2, 0.25) is 0 Å². The van der Waals surface area contributed by atoms with Crippen LogP contribution in [0.25, 0.3) is 0 Å². The summed E-state index contributed by atoms with van der Waals surface area (Å²) in [6, 6.07) is 9.35. The summed E-state index contributed by atoms with van der Waals surface area (Å²) in [7, 11) is 0. The Balaban J connectivity index is 1.55. The Hall–Kier alpha value is -2.57. The van der Waals surface area contributed by atoms with Gasteiger partial charge in [0.25, 0.3) is 0 Å². The molecule has 0 aromatic heterocycles. The third kappa shape index (κ3) is 5.97. The van der Waals surface area contributed by atoms with Crippen LogP contribution >= 0.6 is 0 Å². The van der Waals surface area contributed by atoms with Crippen LogP contribution in [-0.4, -0.2) is 65.0 Å². The molecule has 2 N–H and O–H groups in total. The maximum absolute atomic E-state index is 12.8. The molecule has 1 aromatic rings. The minimum absolute atomic E-state index is 0.0153. The summed E-state index contributed by atoms with van der Waals surface area (Å²) < 4.78 is 0. The molecule has 152 valence electrons. The first kappa shape index (κ1) is 20.2. The van der Waals surface area contributed by atoms with Gasteiger partial charge in [-0.1, -0.05) is 30.3 Å². The molecule has 3 rings (SSSR count). The lowest BCUT2D eigenvalue weighted by Crippen LogP contribution is -2.47. The average molecular weight is 387 g/mol. The molecular weight excluding hydrogens is 358 g/mol. The molecule has 0 spiro atoms. The fourth-order valence-electron chi connectivity index (χ4n) is 3.62. The number of nitrogens with one attached hydrogen (secondary N) is 1. The maximum Gasteiger partial charge on any atom is 0.317 e. The Morgan fingerprint density at radius 2 is 1.71 bits per heavy atom. The van der Waals surface area contributed by atoms with E-state index in [1.165, 1.54) is 0 Å². The van der Waals surface area contributed by atoms with E-state index >= 15 is 0 Å². The van der Waals surface area contributed by atoms with Gasteiger partial charge in [-0.2, -0.15) is 0 Å². The zero-order chi connectivity index (χ0) is 19.9. The van der Waals surface area contributed by atoms with E-state index in [4.69, 9.17) is 5.11 Å². The van der Waals surface area contributed by atoms with Crippen molar-refractivity contribution in [2.24, 2.45) is 5.92 Å². The summed E-state index contributed by atoms with van der Waals surface area (Å²) in [6.45, 7) is 2.39. The number of nitrogens with zero attached hydrogens (tertiary/aromatic N) is 2. The number of urea groups is 1. The van der Waals surface area contributed by atoms with Gasteiger partial charge in [-0.3, -0.25) is 9.59 Å². The van der Waals surface area contributed by atoms with Gasteiger partial charge >= 0.3 is 12.0 Å². The van der Waals surface area contributed by atoms with Crippen LogP contribution in [0.3, 0.4) is 0 Å². The normalized spacial score (nSPS) is 18.3. The monoisotopic (exact) mass is 387 g/mol. The number of amides is 3. The Kier molecular flexibility index (Phi) is 6.90. The van der Waals surface area contributed by atoms with Crippen LogP contribution in [0.1, 0.15) is 37.7 Å². The van der Waals surface area contributed by atoms with Crippen molar-refractivity contribution in [2.45, 2.75) is 44.6 Å². The third-order valence-electron chi connectivity index (χ3n) is 5.38. The summed E-state index contributed by atoms with van der Waals surface area (Å²) in [6.07, 6.45) is 3.75. The Morgan fingerprint density at radius 1 is 1.04 bits per heavy atom. The van der Waals surface area contributed by atoms with E-state index in [2.05, 4.69) is 5.32 Å². The number of carbonyl (C=O) groups excluding carboxylic acids is 2. The Bertz CT molecular complexity index is 690. The molecular formula is C21H29N3O4. The molecule has 1 saturated heterocycles. The van der Waals surface area contributed by atoms with Gasteiger partial charge < -0.3 is 20.2 Å². The van der Waals surface area contributed by atoms with Crippen molar-refractivity contribution in [1.29, 1.82) is 0 Å². The lowest BCUT2D eigenvalue weighted by atomic mass is 10.0. The van der Waals surface area contributed by atoms with Gasteiger partial charge in [-0.05, 0) is 37.7 Å². The molecule has 2 fully saturated rings. The molecule has 1 aliphatic heterocycles. The minimum Gasteiger partial charge on any atom is -0.481 e. The molecule has 1 aromatic carbocycles. The van der Waals surface area contributed by atoms with Crippen LogP contribution in [0.15, 0.2) is 30.3 Å². The van der Waals surface area contributed by atoms with Gasteiger partial charge in [0, 0.05) is 44.6 Å². The summed E-state index contributed by atoms with van der Waals surface area (Å²) in [4.78, 5) is 39.7. The molecule has 2 aliphatic rings. The number of carboxylic acids is 1. The highest BCUT2D eigenvalue weighted by molar-refractivity contribution is 5.81. The van der Waals surface area contributed by atoms with Gasteiger partial charge in [0.2, 0.25) is 5.91 Å². The maximum atomic E-state index is 12.8. The van der Waals surface area contributed by atoms with Crippen LogP contribution in [-0.2, 0) is 16.0 Å². The smallest absolute Gasteiger partial charge is 0.317 e. The van der Waals surface area contributed by atoms with E-state index < -0.39 is 5.97 Å². The van der Waals surface area contributed by atoms with Crippen molar-refractivity contribution in [3.8, 4) is 0 Å². The zero-order valence-electron chi connectivity index (χ0n) is 16.2. The lowest BCUT2D eigenvalue weighted by Gasteiger charge is -2.26. The second-order valence-corrected chi connectivity index (χ2v) is 7.71. The first-order chi connectivity index (χ1) is 13.5. The number of hydrogen-bond acceptors (Lipinski definition) is 3. The van der Waals surface area contributed by atoms with Crippen molar-refractivity contribution in [3.05, 3.63) is 35.9 Å². The number of benzene rings is 1. The molecule has 1 aliphatic carbocycles. The number of carboxylic acid groups (broad SMARTS) is 1. The second-order valence-electron chi connectivity index (χ2n) is 7.71. The summed E-state index contributed by atoms with van der Waals surface area (Å²) in [5.41, 5.74) is 1.07. The predicted molar refractivity (Wildman–Crippen MR) is 105 cm³/mol. The third-order valence-corrected chi connectivity index (χ3v) is 5.38. The molecule has 1 unspecified atom stereocenters. The topological polar surface area (TPSA) is 89.9 Å². The van der Waals surface area contributed by atoms with E-state index in [-0.39, 0.29) is 30.3 Å². The van der Waals surface area contributed by atoms with Crippen LogP contribution < -0.4 is 5.32 Å². The van der Waals surface area contributed by atoms with Gasteiger partial charge in [-0.25, -0.2) is 4.79 Å². The molecule has 1 saturated carbocycles. The van der Waals surface area contributed by atoms with Crippen molar-refractivity contribution >= 4 is 17.9 Å². The van der Waals surface area contributed by atoms with Crippen molar-refractivity contribution in [3.63, 3.8) is 0 Å². The van der Waals surface area contributed by atoms with Crippen LogP contribution in [0.4, 0.5) is 4.79 Å². The molecule has 7 nitrogen and oxygen atoms in total. The van der Waals surface area contributed by atoms with E-state index in [1.807, 2.05) is 35.2 Å². The first-order valence-electron chi connectivity index (χ1n) is 10.1. The van der Waals surface area contributed by atoms with Crippen LogP contribution in [0, 0.1) is 5.92 Å². The number of rotatable bonds is 7. The zero-order valence-corrected chi connectivity index (χ0v) is 16.2. The summed E-state index contributed by atoms with van der Waals surface area (Å²) in [5.74, 6) is -0.436. The van der Waals surface area contributed by atoms with Crippen LogP contribution in [0.5, 0.6) is 0 Å². The van der Waals surface area contributed by atoms with E-state index in [0.717, 1.165) is 24.8 Å².